The number of carboxylic acids is 1. The molecule has 138 valence electrons. The Morgan fingerprint density at radius 1 is 1.22 bits per heavy atom. The van der Waals surface area contributed by atoms with Crippen LogP contribution in [0.25, 0.3) is 0 Å². The van der Waals surface area contributed by atoms with Crippen molar-refractivity contribution in [2.45, 2.75) is 12.5 Å². The Kier molecular flexibility index (Phi) is 4.45. The van der Waals surface area contributed by atoms with Gasteiger partial charge in [-0.2, -0.15) is 5.10 Å². The zero-order valence-electron chi connectivity index (χ0n) is 14.5. The molecule has 0 aliphatic carbocycles. The van der Waals surface area contributed by atoms with Gasteiger partial charge in [0.15, 0.2) is 0 Å². The Balaban J connectivity index is 1.53. The average molecular weight is 365 g/mol. The highest BCUT2D eigenvalue weighted by Gasteiger charge is 2.41. The van der Waals surface area contributed by atoms with Crippen molar-refractivity contribution in [2.24, 2.45) is 5.92 Å². The van der Waals surface area contributed by atoms with Crippen LogP contribution in [0.4, 0.5) is 0 Å². The molecule has 0 spiro atoms. The number of benzene rings is 1. The van der Waals surface area contributed by atoms with E-state index in [1.54, 1.807) is 34.2 Å². The number of carbonyl (C=O) groups excluding carboxylic acids is 1. The zero-order valence-corrected chi connectivity index (χ0v) is 14.5. The quantitative estimate of drug-likeness (QED) is 0.715. The number of imidazole rings is 1. The molecule has 1 aliphatic heterocycles. The Labute approximate surface area is 155 Å². The summed E-state index contributed by atoms with van der Waals surface area (Å²) in [5, 5.41) is 13.7. The summed E-state index contributed by atoms with van der Waals surface area (Å²) in [6.45, 7) is 1.07. The van der Waals surface area contributed by atoms with Gasteiger partial charge in [0.25, 0.3) is 5.91 Å². The second-order valence-electron chi connectivity index (χ2n) is 6.64. The van der Waals surface area contributed by atoms with Gasteiger partial charge >= 0.3 is 5.97 Å². The van der Waals surface area contributed by atoms with Gasteiger partial charge < -0.3 is 15.0 Å². The van der Waals surface area contributed by atoms with Crippen LogP contribution < -0.4 is 0 Å². The number of aromatic amines is 1. The Hall–Kier alpha value is -3.42. The van der Waals surface area contributed by atoms with E-state index in [-0.39, 0.29) is 18.4 Å². The summed E-state index contributed by atoms with van der Waals surface area (Å²) >= 11 is 0. The molecule has 27 heavy (non-hydrogen) atoms. The Morgan fingerprint density at radius 2 is 2.11 bits per heavy atom. The number of amides is 1. The van der Waals surface area contributed by atoms with Crippen molar-refractivity contribution in [3.63, 3.8) is 0 Å². The lowest BCUT2D eigenvalue weighted by atomic mass is 9.96. The lowest BCUT2D eigenvalue weighted by Gasteiger charge is -2.16. The van der Waals surface area contributed by atoms with Crippen LogP contribution in [0.3, 0.4) is 0 Å². The molecule has 1 saturated heterocycles. The Bertz CT molecular complexity index is 936. The van der Waals surface area contributed by atoms with E-state index in [2.05, 4.69) is 15.1 Å². The molecule has 2 aromatic heterocycles. The number of aliphatic carboxylic acids is 1. The van der Waals surface area contributed by atoms with Crippen LogP contribution in [-0.4, -0.2) is 54.7 Å². The van der Waals surface area contributed by atoms with Gasteiger partial charge in [0.1, 0.15) is 5.82 Å². The van der Waals surface area contributed by atoms with E-state index in [9.17, 15) is 14.7 Å². The highest BCUT2D eigenvalue weighted by Crippen LogP contribution is 2.32. The summed E-state index contributed by atoms with van der Waals surface area (Å²) in [6.07, 6.45) is 6.83. The molecule has 0 radical (unpaired) electrons. The second kappa shape index (κ2) is 7.06. The van der Waals surface area contributed by atoms with Gasteiger partial charge in [-0.25, -0.2) is 4.98 Å². The van der Waals surface area contributed by atoms with Gasteiger partial charge in [0.05, 0.1) is 12.5 Å². The van der Waals surface area contributed by atoms with E-state index < -0.39 is 11.9 Å². The SMILES string of the molecule is O=C(O)[C@@H]1CN(C(=O)c2cccc(Cn3cccn3)c2)C[C@H]1c1ncc[nH]1. The predicted molar refractivity (Wildman–Crippen MR) is 96.1 cm³/mol. The second-order valence-corrected chi connectivity index (χ2v) is 6.64. The number of rotatable bonds is 5. The van der Waals surface area contributed by atoms with Gasteiger partial charge in [-0.3, -0.25) is 14.3 Å². The minimum Gasteiger partial charge on any atom is -0.481 e. The molecule has 8 heteroatoms. The van der Waals surface area contributed by atoms with Crippen molar-refractivity contribution in [3.05, 3.63) is 72.1 Å². The average Bonchev–Trinajstić information content (AvgIpc) is 3.41. The molecular formula is C19H19N5O3. The topological polar surface area (TPSA) is 104 Å². The number of hydrogen-bond donors (Lipinski definition) is 2. The fourth-order valence-corrected chi connectivity index (χ4v) is 3.54. The van der Waals surface area contributed by atoms with Crippen LogP contribution in [0, 0.1) is 5.92 Å². The van der Waals surface area contributed by atoms with Crippen LogP contribution in [0.5, 0.6) is 0 Å². The van der Waals surface area contributed by atoms with Crippen LogP contribution in [0.15, 0.2) is 55.1 Å². The normalized spacial score (nSPS) is 19.3. The molecule has 1 fully saturated rings. The molecule has 1 aromatic carbocycles. The minimum absolute atomic E-state index is 0.169. The molecule has 0 unspecified atom stereocenters. The van der Waals surface area contributed by atoms with Gasteiger partial charge in [-0.15, -0.1) is 0 Å². The van der Waals surface area contributed by atoms with Crippen molar-refractivity contribution < 1.29 is 14.7 Å². The maximum atomic E-state index is 13.0. The lowest BCUT2D eigenvalue weighted by molar-refractivity contribution is -0.141. The first kappa shape index (κ1) is 17.0. The third kappa shape index (κ3) is 3.46. The molecule has 8 nitrogen and oxygen atoms in total. The molecule has 3 aromatic rings. The molecular weight excluding hydrogens is 346 g/mol. The number of hydrogen-bond acceptors (Lipinski definition) is 4. The number of likely N-dealkylation sites (tertiary alicyclic amines) is 1. The van der Waals surface area contributed by atoms with E-state index in [0.29, 0.717) is 24.5 Å². The van der Waals surface area contributed by atoms with E-state index in [0.717, 1.165) is 5.56 Å². The van der Waals surface area contributed by atoms with E-state index in [4.69, 9.17) is 0 Å². The number of carbonyl (C=O) groups is 2. The molecule has 2 N–H and O–H groups in total. The highest BCUT2D eigenvalue weighted by molar-refractivity contribution is 5.95. The largest absolute Gasteiger partial charge is 0.481 e. The van der Waals surface area contributed by atoms with Crippen molar-refractivity contribution in [2.75, 3.05) is 13.1 Å². The summed E-state index contributed by atoms with van der Waals surface area (Å²) in [5.74, 6) is -1.50. The third-order valence-electron chi connectivity index (χ3n) is 4.87. The summed E-state index contributed by atoms with van der Waals surface area (Å²) in [7, 11) is 0. The fraction of sp³-hybridized carbons (Fsp3) is 0.263. The first-order valence-electron chi connectivity index (χ1n) is 8.69. The van der Waals surface area contributed by atoms with Crippen LogP contribution in [-0.2, 0) is 11.3 Å². The number of carboxylic acid groups (broad SMARTS) is 1. The van der Waals surface area contributed by atoms with E-state index in [1.165, 1.54) is 0 Å². The number of nitrogens with one attached hydrogen (secondary N) is 1. The van der Waals surface area contributed by atoms with Crippen LogP contribution in [0.1, 0.15) is 27.7 Å². The van der Waals surface area contributed by atoms with Crippen molar-refractivity contribution >= 4 is 11.9 Å². The molecule has 0 saturated carbocycles. The first-order valence-corrected chi connectivity index (χ1v) is 8.69. The van der Waals surface area contributed by atoms with Gasteiger partial charge in [-0.05, 0) is 23.8 Å². The zero-order chi connectivity index (χ0) is 18.8. The van der Waals surface area contributed by atoms with Gasteiger partial charge in [0.2, 0.25) is 0 Å². The minimum atomic E-state index is -0.917. The molecule has 3 heterocycles. The summed E-state index contributed by atoms with van der Waals surface area (Å²) in [5.41, 5.74) is 1.50. The molecule has 1 amide bonds. The standard InChI is InChI=1S/C19H19N5O3/c25-18(14-4-1-3-13(9-14)10-24-8-2-5-22-24)23-11-15(16(12-23)19(26)27)17-20-6-7-21-17/h1-9,15-16H,10-12H2,(H,20,21)(H,26,27)/t15-,16-/m1/s1. The molecule has 4 rings (SSSR count). The Morgan fingerprint density at radius 3 is 2.81 bits per heavy atom. The maximum Gasteiger partial charge on any atom is 0.309 e. The van der Waals surface area contributed by atoms with Crippen LogP contribution >= 0.6 is 0 Å². The number of nitrogens with zero attached hydrogens (tertiary/aromatic N) is 4. The first-order chi connectivity index (χ1) is 13.1. The maximum absolute atomic E-state index is 13.0. The summed E-state index contributed by atoms with van der Waals surface area (Å²) < 4.78 is 1.78. The van der Waals surface area contributed by atoms with Crippen molar-refractivity contribution in [1.29, 1.82) is 0 Å². The number of H-pyrrole nitrogens is 1. The lowest BCUT2D eigenvalue weighted by Crippen LogP contribution is -2.30. The van der Waals surface area contributed by atoms with E-state index >= 15 is 0 Å². The van der Waals surface area contributed by atoms with Crippen molar-refractivity contribution in [3.8, 4) is 0 Å². The molecule has 0 bridgehead atoms. The van der Waals surface area contributed by atoms with E-state index in [1.807, 2.05) is 30.5 Å². The number of aromatic nitrogens is 4. The smallest absolute Gasteiger partial charge is 0.309 e. The summed E-state index contributed by atoms with van der Waals surface area (Å²) in [6, 6.07) is 9.21. The monoisotopic (exact) mass is 365 g/mol. The van der Waals surface area contributed by atoms with Gasteiger partial charge in [-0.1, -0.05) is 12.1 Å². The molecule has 1 aliphatic rings. The highest BCUT2D eigenvalue weighted by atomic mass is 16.4. The molecule has 2 atom stereocenters. The fourth-order valence-electron chi connectivity index (χ4n) is 3.54. The van der Waals surface area contributed by atoms with Crippen molar-refractivity contribution in [1.82, 2.24) is 24.6 Å². The van der Waals surface area contributed by atoms with Gasteiger partial charge in [0, 0.05) is 49.4 Å². The third-order valence-corrected chi connectivity index (χ3v) is 4.87. The van der Waals surface area contributed by atoms with Crippen LogP contribution in [0.2, 0.25) is 0 Å². The predicted octanol–water partition coefficient (Wildman–Crippen LogP) is 1.59. The summed E-state index contributed by atoms with van der Waals surface area (Å²) in [4.78, 5) is 33.4.